The van der Waals surface area contributed by atoms with Crippen LogP contribution in [-0.2, 0) is 4.74 Å². The highest BCUT2D eigenvalue weighted by molar-refractivity contribution is 4.90. The SMILES string of the molecule is CC1(C2CCCC2)CNCCO1. The summed E-state index contributed by atoms with van der Waals surface area (Å²) in [6.07, 6.45) is 5.56. The lowest BCUT2D eigenvalue weighted by atomic mass is 9.86. The van der Waals surface area contributed by atoms with E-state index in [2.05, 4.69) is 12.2 Å². The van der Waals surface area contributed by atoms with Gasteiger partial charge in [0, 0.05) is 13.1 Å². The first-order valence-corrected chi connectivity index (χ1v) is 5.16. The van der Waals surface area contributed by atoms with Gasteiger partial charge in [-0.25, -0.2) is 0 Å². The van der Waals surface area contributed by atoms with Crippen molar-refractivity contribution in [3.05, 3.63) is 0 Å². The summed E-state index contributed by atoms with van der Waals surface area (Å²) in [5, 5.41) is 3.43. The fourth-order valence-corrected chi connectivity index (χ4v) is 2.54. The normalized spacial score (nSPS) is 38.8. The Morgan fingerprint density at radius 1 is 1.33 bits per heavy atom. The maximum Gasteiger partial charge on any atom is 0.0806 e. The standard InChI is InChI=1S/C10H19NO/c1-10(8-11-6-7-12-10)9-4-2-3-5-9/h9,11H,2-8H2,1H3. The van der Waals surface area contributed by atoms with Gasteiger partial charge in [0.25, 0.3) is 0 Å². The van der Waals surface area contributed by atoms with E-state index >= 15 is 0 Å². The summed E-state index contributed by atoms with van der Waals surface area (Å²) in [5.74, 6) is 0.810. The van der Waals surface area contributed by atoms with Crippen molar-refractivity contribution >= 4 is 0 Å². The van der Waals surface area contributed by atoms with Crippen LogP contribution >= 0.6 is 0 Å². The van der Waals surface area contributed by atoms with Gasteiger partial charge in [-0.2, -0.15) is 0 Å². The van der Waals surface area contributed by atoms with E-state index in [0.29, 0.717) is 0 Å². The Labute approximate surface area is 74.7 Å². The molecule has 0 bridgehead atoms. The number of rotatable bonds is 1. The van der Waals surface area contributed by atoms with Crippen LogP contribution in [0.15, 0.2) is 0 Å². The van der Waals surface area contributed by atoms with Crippen LogP contribution in [0.1, 0.15) is 32.6 Å². The molecule has 1 aliphatic carbocycles. The van der Waals surface area contributed by atoms with E-state index in [0.717, 1.165) is 25.6 Å². The topological polar surface area (TPSA) is 21.3 Å². The maximum absolute atomic E-state index is 5.89. The molecular weight excluding hydrogens is 150 g/mol. The lowest BCUT2D eigenvalue weighted by Crippen LogP contribution is -2.51. The van der Waals surface area contributed by atoms with Crippen LogP contribution in [0.2, 0.25) is 0 Å². The third-order valence-corrected chi connectivity index (χ3v) is 3.41. The van der Waals surface area contributed by atoms with Crippen LogP contribution in [0.4, 0.5) is 0 Å². The molecule has 0 spiro atoms. The van der Waals surface area contributed by atoms with Crippen LogP contribution < -0.4 is 5.32 Å². The lowest BCUT2D eigenvalue weighted by Gasteiger charge is -2.39. The van der Waals surface area contributed by atoms with Crippen molar-refractivity contribution in [3.63, 3.8) is 0 Å². The summed E-state index contributed by atoms with van der Waals surface area (Å²) in [6.45, 7) is 5.25. The summed E-state index contributed by atoms with van der Waals surface area (Å²) < 4.78 is 5.89. The van der Waals surface area contributed by atoms with E-state index < -0.39 is 0 Å². The lowest BCUT2D eigenvalue weighted by molar-refractivity contribution is -0.0897. The molecule has 1 aliphatic heterocycles. The zero-order valence-electron chi connectivity index (χ0n) is 7.94. The van der Waals surface area contributed by atoms with Crippen molar-refractivity contribution in [2.45, 2.75) is 38.2 Å². The molecular formula is C10H19NO. The van der Waals surface area contributed by atoms with Crippen molar-refractivity contribution in [2.24, 2.45) is 5.92 Å². The molecule has 1 saturated carbocycles. The molecule has 1 saturated heterocycles. The van der Waals surface area contributed by atoms with Gasteiger partial charge in [-0.1, -0.05) is 12.8 Å². The molecule has 0 radical (unpaired) electrons. The fourth-order valence-electron chi connectivity index (χ4n) is 2.54. The Balaban J connectivity index is 1.97. The van der Waals surface area contributed by atoms with Crippen molar-refractivity contribution in [3.8, 4) is 0 Å². The highest BCUT2D eigenvalue weighted by atomic mass is 16.5. The van der Waals surface area contributed by atoms with Crippen molar-refractivity contribution in [1.82, 2.24) is 5.32 Å². The molecule has 1 heterocycles. The van der Waals surface area contributed by atoms with Crippen molar-refractivity contribution in [1.29, 1.82) is 0 Å². The van der Waals surface area contributed by atoms with Crippen LogP contribution in [0.5, 0.6) is 0 Å². The number of ether oxygens (including phenoxy) is 1. The van der Waals surface area contributed by atoms with Crippen LogP contribution in [0, 0.1) is 5.92 Å². The first kappa shape index (κ1) is 8.52. The molecule has 1 atom stereocenters. The van der Waals surface area contributed by atoms with Gasteiger partial charge in [-0.05, 0) is 25.7 Å². The second-order valence-electron chi connectivity index (χ2n) is 4.32. The second kappa shape index (κ2) is 3.35. The first-order valence-electron chi connectivity index (χ1n) is 5.16. The minimum absolute atomic E-state index is 0.148. The molecule has 2 aliphatic rings. The Kier molecular flexibility index (Phi) is 2.37. The predicted octanol–water partition coefficient (Wildman–Crippen LogP) is 1.56. The van der Waals surface area contributed by atoms with Gasteiger partial charge < -0.3 is 10.1 Å². The highest BCUT2D eigenvalue weighted by Crippen LogP contribution is 2.36. The number of hydrogen-bond acceptors (Lipinski definition) is 2. The number of nitrogens with one attached hydrogen (secondary N) is 1. The van der Waals surface area contributed by atoms with E-state index in [4.69, 9.17) is 4.74 Å². The first-order chi connectivity index (χ1) is 5.81. The molecule has 1 N–H and O–H groups in total. The van der Waals surface area contributed by atoms with Crippen molar-refractivity contribution in [2.75, 3.05) is 19.7 Å². The van der Waals surface area contributed by atoms with Crippen LogP contribution in [0.25, 0.3) is 0 Å². The average Bonchev–Trinajstić information content (AvgIpc) is 2.58. The van der Waals surface area contributed by atoms with Crippen LogP contribution in [0.3, 0.4) is 0 Å². The minimum atomic E-state index is 0.148. The summed E-state index contributed by atoms with van der Waals surface area (Å²) in [5.41, 5.74) is 0.148. The smallest absolute Gasteiger partial charge is 0.0806 e. The minimum Gasteiger partial charge on any atom is -0.372 e. The Hall–Kier alpha value is -0.0800. The molecule has 2 rings (SSSR count). The largest absolute Gasteiger partial charge is 0.372 e. The van der Waals surface area contributed by atoms with Gasteiger partial charge in [0.15, 0.2) is 0 Å². The van der Waals surface area contributed by atoms with Gasteiger partial charge in [-0.15, -0.1) is 0 Å². The Morgan fingerprint density at radius 2 is 2.08 bits per heavy atom. The van der Waals surface area contributed by atoms with Gasteiger partial charge >= 0.3 is 0 Å². The summed E-state index contributed by atoms with van der Waals surface area (Å²) in [6, 6.07) is 0. The fraction of sp³-hybridized carbons (Fsp3) is 1.00. The third kappa shape index (κ3) is 1.50. The molecule has 2 nitrogen and oxygen atoms in total. The van der Waals surface area contributed by atoms with Crippen LogP contribution in [-0.4, -0.2) is 25.3 Å². The van der Waals surface area contributed by atoms with E-state index in [9.17, 15) is 0 Å². The highest BCUT2D eigenvalue weighted by Gasteiger charge is 2.37. The predicted molar refractivity (Wildman–Crippen MR) is 49.2 cm³/mol. The van der Waals surface area contributed by atoms with Crippen molar-refractivity contribution < 1.29 is 4.74 Å². The molecule has 2 heteroatoms. The molecule has 0 aromatic heterocycles. The molecule has 1 unspecified atom stereocenters. The van der Waals surface area contributed by atoms with Gasteiger partial charge in [-0.3, -0.25) is 0 Å². The zero-order valence-corrected chi connectivity index (χ0v) is 7.94. The monoisotopic (exact) mass is 169 g/mol. The Morgan fingerprint density at radius 3 is 2.67 bits per heavy atom. The maximum atomic E-state index is 5.89. The molecule has 0 amide bonds. The van der Waals surface area contributed by atoms with E-state index in [1.165, 1.54) is 25.7 Å². The summed E-state index contributed by atoms with van der Waals surface area (Å²) in [7, 11) is 0. The van der Waals surface area contributed by atoms with Gasteiger partial charge in [0.1, 0.15) is 0 Å². The quantitative estimate of drug-likeness (QED) is 0.643. The van der Waals surface area contributed by atoms with E-state index in [1.54, 1.807) is 0 Å². The molecule has 2 fully saturated rings. The molecule has 0 aromatic carbocycles. The Bertz CT molecular complexity index is 146. The third-order valence-electron chi connectivity index (χ3n) is 3.41. The van der Waals surface area contributed by atoms with Gasteiger partial charge in [0.05, 0.1) is 12.2 Å². The van der Waals surface area contributed by atoms with Gasteiger partial charge in [0.2, 0.25) is 0 Å². The summed E-state index contributed by atoms with van der Waals surface area (Å²) in [4.78, 5) is 0. The van der Waals surface area contributed by atoms with E-state index in [1.807, 2.05) is 0 Å². The van der Waals surface area contributed by atoms with E-state index in [-0.39, 0.29) is 5.60 Å². The average molecular weight is 169 g/mol. The summed E-state index contributed by atoms with van der Waals surface area (Å²) >= 11 is 0. The molecule has 12 heavy (non-hydrogen) atoms. The molecule has 70 valence electrons. The number of hydrogen-bond donors (Lipinski definition) is 1. The zero-order chi connectivity index (χ0) is 8.44. The second-order valence-corrected chi connectivity index (χ2v) is 4.32. The number of morpholine rings is 1. The molecule has 0 aromatic rings.